The minimum atomic E-state index is -0.645. The predicted molar refractivity (Wildman–Crippen MR) is 85.2 cm³/mol. The van der Waals surface area contributed by atoms with Crippen molar-refractivity contribution in [1.82, 2.24) is 5.32 Å². The fraction of sp³-hybridized carbons (Fsp3) is 0.533. The Bertz CT molecular complexity index is 466. The van der Waals surface area contributed by atoms with E-state index >= 15 is 0 Å². The van der Waals surface area contributed by atoms with Crippen LogP contribution in [0, 0.1) is 5.92 Å². The molecule has 0 heterocycles. The molecule has 1 aromatic carbocycles. The SMILES string of the molecule is CC(C)COCCNC(=O)C(C)Oc1ccc(Cl)cc1Cl. The molecule has 0 aliphatic heterocycles. The van der Waals surface area contributed by atoms with Gasteiger partial charge < -0.3 is 14.8 Å². The third kappa shape index (κ3) is 7.02. The zero-order valence-electron chi connectivity index (χ0n) is 12.5. The number of ether oxygens (including phenoxy) is 2. The zero-order valence-corrected chi connectivity index (χ0v) is 14.0. The Kier molecular flexibility index (Phi) is 7.86. The molecular weight excluding hydrogens is 313 g/mol. The summed E-state index contributed by atoms with van der Waals surface area (Å²) in [5.74, 6) is 0.698. The highest BCUT2D eigenvalue weighted by Crippen LogP contribution is 2.28. The maximum atomic E-state index is 11.9. The van der Waals surface area contributed by atoms with Gasteiger partial charge in [0.2, 0.25) is 0 Å². The third-order valence-corrected chi connectivity index (χ3v) is 3.09. The zero-order chi connectivity index (χ0) is 15.8. The molecule has 21 heavy (non-hydrogen) atoms. The van der Waals surface area contributed by atoms with Crippen molar-refractivity contribution in [1.29, 1.82) is 0 Å². The molecule has 4 nitrogen and oxygen atoms in total. The number of nitrogens with one attached hydrogen (secondary N) is 1. The van der Waals surface area contributed by atoms with E-state index < -0.39 is 6.10 Å². The van der Waals surface area contributed by atoms with Crippen LogP contribution in [0.15, 0.2) is 18.2 Å². The molecule has 1 amide bonds. The number of hydrogen-bond acceptors (Lipinski definition) is 3. The first-order valence-electron chi connectivity index (χ1n) is 6.87. The van der Waals surface area contributed by atoms with Crippen molar-refractivity contribution in [2.75, 3.05) is 19.8 Å². The number of halogens is 2. The van der Waals surface area contributed by atoms with Crippen molar-refractivity contribution in [2.45, 2.75) is 26.9 Å². The van der Waals surface area contributed by atoms with Crippen molar-refractivity contribution >= 4 is 29.1 Å². The largest absolute Gasteiger partial charge is 0.479 e. The lowest BCUT2D eigenvalue weighted by Gasteiger charge is -2.16. The summed E-state index contributed by atoms with van der Waals surface area (Å²) in [5.41, 5.74) is 0. The van der Waals surface area contributed by atoms with E-state index in [-0.39, 0.29) is 5.91 Å². The van der Waals surface area contributed by atoms with E-state index in [0.29, 0.717) is 41.5 Å². The second kappa shape index (κ2) is 9.13. The standard InChI is InChI=1S/C15H21Cl2NO3/c1-10(2)9-20-7-6-18-15(19)11(3)21-14-5-4-12(16)8-13(14)17/h4-5,8,10-11H,6-7,9H2,1-3H3,(H,18,19). The summed E-state index contributed by atoms with van der Waals surface area (Å²) in [6.45, 7) is 7.43. The van der Waals surface area contributed by atoms with Gasteiger partial charge in [0.25, 0.3) is 5.91 Å². The Morgan fingerprint density at radius 3 is 2.62 bits per heavy atom. The summed E-state index contributed by atoms with van der Waals surface area (Å²) in [6.07, 6.45) is -0.645. The lowest BCUT2D eigenvalue weighted by Crippen LogP contribution is -2.38. The molecule has 0 aromatic heterocycles. The van der Waals surface area contributed by atoms with Crippen LogP contribution in [-0.4, -0.2) is 31.8 Å². The second-order valence-electron chi connectivity index (χ2n) is 5.09. The highest BCUT2D eigenvalue weighted by molar-refractivity contribution is 6.35. The maximum Gasteiger partial charge on any atom is 0.260 e. The summed E-state index contributed by atoms with van der Waals surface area (Å²) < 4.78 is 10.9. The minimum absolute atomic E-state index is 0.214. The minimum Gasteiger partial charge on any atom is -0.479 e. The van der Waals surface area contributed by atoms with Crippen LogP contribution in [0.25, 0.3) is 0 Å². The third-order valence-electron chi connectivity index (χ3n) is 2.56. The average Bonchev–Trinajstić information content (AvgIpc) is 2.40. The van der Waals surface area contributed by atoms with Crippen molar-refractivity contribution in [2.24, 2.45) is 5.92 Å². The maximum absolute atomic E-state index is 11.9. The van der Waals surface area contributed by atoms with Crippen molar-refractivity contribution in [3.63, 3.8) is 0 Å². The number of rotatable bonds is 8. The Hall–Kier alpha value is -0.970. The molecule has 6 heteroatoms. The fourth-order valence-electron chi connectivity index (χ4n) is 1.52. The smallest absolute Gasteiger partial charge is 0.260 e. The van der Waals surface area contributed by atoms with E-state index in [1.54, 1.807) is 25.1 Å². The summed E-state index contributed by atoms with van der Waals surface area (Å²) in [6, 6.07) is 4.87. The Balaban J connectivity index is 2.34. The van der Waals surface area contributed by atoms with Crippen LogP contribution >= 0.6 is 23.2 Å². The topological polar surface area (TPSA) is 47.6 Å². The van der Waals surface area contributed by atoms with Crippen LogP contribution < -0.4 is 10.1 Å². The molecule has 1 aromatic rings. The van der Waals surface area contributed by atoms with Crippen molar-refractivity contribution < 1.29 is 14.3 Å². The van der Waals surface area contributed by atoms with Gasteiger partial charge in [-0.3, -0.25) is 4.79 Å². The Labute approximate surface area is 135 Å². The van der Waals surface area contributed by atoms with E-state index in [9.17, 15) is 4.79 Å². The monoisotopic (exact) mass is 333 g/mol. The van der Waals surface area contributed by atoms with Gasteiger partial charge in [0.15, 0.2) is 6.10 Å². The molecule has 0 spiro atoms. The number of amides is 1. The number of carbonyl (C=O) groups excluding carboxylic acids is 1. The molecule has 1 atom stereocenters. The van der Waals surface area contributed by atoms with Gasteiger partial charge in [0.1, 0.15) is 5.75 Å². The van der Waals surface area contributed by atoms with Crippen LogP contribution in [0.2, 0.25) is 10.0 Å². The highest BCUT2D eigenvalue weighted by Gasteiger charge is 2.15. The van der Waals surface area contributed by atoms with Gasteiger partial charge in [-0.1, -0.05) is 37.0 Å². The van der Waals surface area contributed by atoms with E-state index in [0.717, 1.165) is 0 Å². The Morgan fingerprint density at radius 1 is 1.29 bits per heavy atom. The number of benzene rings is 1. The molecule has 1 rings (SSSR count). The van der Waals surface area contributed by atoms with Gasteiger partial charge in [-0.2, -0.15) is 0 Å². The van der Waals surface area contributed by atoms with Crippen LogP contribution in [0.4, 0.5) is 0 Å². The van der Waals surface area contributed by atoms with E-state index in [1.807, 2.05) is 0 Å². The lowest BCUT2D eigenvalue weighted by atomic mass is 10.2. The molecule has 0 radical (unpaired) electrons. The van der Waals surface area contributed by atoms with Crippen molar-refractivity contribution in [3.8, 4) is 5.75 Å². The molecule has 0 aliphatic rings. The van der Waals surface area contributed by atoms with E-state index in [1.165, 1.54) is 0 Å². The first-order valence-corrected chi connectivity index (χ1v) is 7.63. The fourth-order valence-corrected chi connectivity index (χ4v) is 1.98. The average molecular weight is 334 g/mol. The van der Waals surface area contributed by atoms with Gasteiger partial charge in [-0.05, 0) is 31.0 Å². The second-order valence-corrected chi connectivity index (χ2v) is 5.94. The van der Waals surface area contributed by atoms with Crippen LogP contribution in [0.3, 0.4) is 0 Å². The molecule has 118 valence electrons. The Morgan fingerprint density at radius 2 is 2.00 bits per heavy atom. The van der Waals surface area contributed by atoms with Gasteiger partial charge in [0, 0.05) is 18.2 Å². The molecular formula is C15H21Cl2NO3. The normalized spacial score (nSPS) is 12.3. The van der Waals surface area contributed by atoms with E-state index in [4.69, 9.17) is 32.7 Å². The predicted octanol–water partition coefficient (Wildman–Crippen LogP) is 3.55. The number of carbonyl (C=O) groups is 1. The summed E-state index contributed by atoms with van der Waals surface area (Å²) in [5, 5.41) is 3.65. The molecule has 0 saturated heterocycles. The summed E-state index contributed by atoms with van der Waals surface area (Å²) in [7, 11) is 0. The molecule has 0 saturated carbocycles. The molecule has 1 unspecified atom stereocenters. The van der Waals surface area contributed by atoms with Crippen molar-refractivity contribution in [3.05, 3.63) is 28.2 Å². The summed E-state index contributed by atoms with van der Waals surface area (Å²) >= 11 is 11.8. The first-order chi connectivity index (χ1) is 9.90. The first kappa shape index (κ1) is 18.1. The lowest BCUT2D eigenvalue weighted by molar-refractivity contribution is -0.127. The molecule has 0 bridgehead atoms. The molecule has 0 aliphatic carbocycles. The van der Waals surface area contributed by atoms with Gasteiger partial charge >= 0.3 is 0 Å². The van der Waals surface area contributed by atoms with Gasteiger partial charge in [-0.25, -0.2) is 0 Å². The molecule has 0 fully saturated rings. The quantitative estimate of drug-likeness (QED) is 0.740. The highest BCUT2D eigenvalue weighted by atomic mass is 35.5. The van der Waals surface area contributed by atoms with E-state index in [2.05, 4.69) is 19.2 Å². The van der Waals surface area contributed by atoms with Crippen LogP contribution in [-0.2, 0) is 9.53 Å². The van der Waals surface area contributed by atoms with Crippen LogP contribution in [0.1, 0.15) is 20.8 Å². The van der Waals surface area contributed by atoms with Gasteiger partial charge in [0.05, 0.1) is 11.6 Å². The van der Waals surface area contributed by atoms with Crippen LogP contribution in [0.5, 0.6) is 5.75 Å². The summed E-state index contributed by atoms with van der Waals surface area (Å²) in [4.78, 5) is 11.9. The number of hydrogen-bond donors (Lipinski definition) is 1. The van der Waals surface area contributed by atoms with Gasteiger partial charge in [-0.15, -0.1) is 0 Å². The molecule has 1 N–H and O–H groups in total.